The Labute approximate surface area is 190 Å². The zero-order valence-corrected chi connectivity index (χ0v) is 17.5. The lowest BCUT2D eigenvalue weighted by atomic mass is 10.2. The zero-order chi connectivity index (χ0) is 24.9. The van der Waals surface area contributed by atoms with Crippen LogP contribution in [0.15, 0.2) is 54.7 Å². The maximum atomic E-state index is 13.6. The van der Waals surface area contributed by atoms with Crippen molar-refractivity contribution < 1.29 is 37.2 Å². The molecule has 1 N–H and O–H groups in total. The van der Waals surface area contributed by atoms with Gasteiger partial charge >= 0.3 is 12.1 Å². The van der Waals surface area contributed by atoms with Gasteiger partial charge in [0.2, 0.25) is 0 Å². The van der Waals surface area contributed by atoms with E-state index in [4.69, 9.17) is 4.74 Å². The summed E-state index contributed by atoms with van der Waals surface area (Å²) >= 11 is 0. The van der Waals surface area contributed by atoms with Crippen LogP contribution in [0.1, 0.15) is 23.0 Å². The number of carbonyl (C=O) groups excluding carboxylic acids is 2. The fourth-order valence-corrected chi connectivity index (χ4v) is 2.87. The minimum absolute atomic E-state index is 0.00278. The molecule has 34 heavy (non-hydrogen) atoms. The molecule has 13 heteroatoms. The van der Waals surface area contributed by atoms with Gasteiger partial charge in [-0.25, -0.2) is 9.48 Å². The molecule has 1 heterocycles. The van der Waals surface area contributed by atoms with E-state index in [9.17, 15) is 32.9 Å². The summed E-state index contributed by atoms with van der Waals surface area (Å²) in [5, 5.41) is 16.8. The van der Waals surface area contributed by atoms with Crippen LogP contribution in [0.4, 0.5) is 24.5 Å². The van der Waals surface area contributed by atoms with Gasteiger partial charge in [0.15, 0.2) is 12.3 Å². The number of carbonyl (C=O) groups is 2. The van der Waals surface area contributed by atoms with Crippen molar-refractivity contribution in [3.63, 3.8) is 0 Å². The predicted molar refractivity (Wildman–Crippen MR) is 112 cm³/mol. The fraction of sp³-hybridized carbons (Fsp3) is 0.190. The lowest BCUT2D eigenvalue weighted by Crippen LogP contribution is -2.20. The van der Waals surface area contributed by atoms with Gasteiger partial charge in [0, 0.05) is 17.8 Å². The minimum atomic E-state index is -4.87. The molecule has 0 radical (unpaired) electrons. The van der Waals surface area contributed by atoms with Gasteiger partial charge in [-0.15, -0.1) is 0 Å². The second-order valence-electron chi connectivity index (χ2n) is 6.67. The topological polar surface area (TPSA) is 126 Å². The number of nitro benzene ring substituents is 1. The summed E-state index contributed by atoms with van der Waals surface area (Å²) in [6, 6.07) is 10.4. The number of nitro groups is 1. The number of hydrogen-bond donors (Lipinski definition) is 1. The lowest BCUT2D eigenvalue weighted by Gasteiger charge is -2.13. The number of aromatic nitrogens is 2. The molecule has 0 aliphatic carbocycles. The highest BCUT2D eigenvalue weighted by molar-refractivity contribution is 5.92. The number of benzene rings is 2. The number of amides is 1. The van der Waals surface area contributed by atoms with E-state index in [1.807, 2.05) is 0 Å². The first-order valence-corrected chi connectivity index (χ1v) is 9.70. The normalized spacial score (nSPS) is 11.1. The third kappa shape index (κ3) is 5.68. The number of anilines is 1. The van der Waals surface area contributed by atoms with Crippen LogP contribution in [0.25, 0.3) is 5.69 Å². The first-order chi connectivity index (χ1) is 16.1. The number of rotatable bonds is 8. The summed E-state index contributed by atoms with van der Waals surface area (Å²) in [7, 11) is 0. The molecule has 3 aromatic rings. The molecule has 0 aliphatic rings. The molecule has 0 atom stereocenters. The molecule has 0 fully saturated rings. The monoisotopic (exact) mass is 478 g/mol. The number of nitrogens with one attached hydrogen (secondary N) is 1. The van der Waals surface area contributed by atoms with E-state index in [1.165, 1.54) is 55.5 Å². The van der Waals surface area contributed by atoms with Crippen LogP contribution in [0, 0.1) is 10.1 Å². The number of esters is 1. The molecule has 1 amide bonds. The molecule has 2 aromatic carbocycles. The van der Waals surface area contributed by atoms with Crippen molar-refractivity contribution >= 4 is 23.3 Å². The third-order valence-corrected chi connectivity index (χ3v) is 4.35. The van der Waals surface area contributed by atoms with Crippen LogP contribution in [-0.4, -0.2) is 39.8 Å². The molecule has 0 saturated heterocycles. The minimum Gasteiger partial charge on any atom is -0.484 e. The average Bonchev–Trinajstić information content (AvgIpc) is 3.25. The smallest absolute Gasteiger partial charge is 0.434 e. The number of non-ortho nitro benzene ring substituents is 1. The summed E-state index contributed by atoms with van der Waals surface area (Å²) in [6.45, 7) is 0.975. The van der Waals surface area contributed by atoms with E-state index in [0.29, 0.717) is 4.68 Å². The van der Waals surface area contributed by atoms with Crippen molar-refractivity contribution in [2.45, 2.75) is 13.1 Å². The Morgan fingerprint density at radius 1 is 1.12 bits per heavy atom. The Hall–Kier alpha value is -4.42. The summed E-state index contributed by atoms with van der Waals surface area (Å²) in [5.41, 5.74) is -1.85. The summed E-state index contributed by atoms with van der Waals surface area (Å²) in [4.78, 5) is 34.0. The van der Waals surface area contributed by atoms with Gasteiger partial charge in [0.25, 0.3) is 11.6 Å². The van der Waals surface area contributed by atoms with E-state index in [2.05, 4.69) is 15.2 Å². The van der Waals surface area contributed by atoms with Crippen LogP contribution in [0.2, 0.25) is 0 Å². The van der Waals surface area contributed by atoms with Crippen molar-refractivity contribution in [2.75, 3.05) is 18.5 Å². The van der Waals surface area contributed by atoms with Crippen molar-refractivity contribution in [2.24, 2.45) is 0 Å². The van der Waals surface area contributed by atoms with Crippen molar-refractivity contribution in [3.05, 3.63) is 76.1 Å². The number of nitrogens with zero attached hydrogens (tertiary/aromatic N) is 3. The van der Waals surface area contributed by atoms with Crippen LogP contribution >= 0.6 is 0 Å². The van der Waals surface area contributed by atoms with Crippen LogP contribution in [-0.2, 0) is 15.7 Å². The molecular weight excluding hydrogens is 461 g/mol. The standard InChI is InChI=1S/C21H17F3N4O6/c1-2-33-20(30)17-11-25-27(19(17)21(22,23)24)14-5-3-13(4-6-14)26-18(29)12-34-16-9-7-15(8-10-16)28(31)32/h3-11H,2,12H2,1H3,(H,26,29). The van der Waals surface area contributed by atoms with Crippen molar-refractivity contribution in [3.8, 4) is 11.4 Å². The molecule has 0 spiro atoms. The maximum absolute atomic E-state index is 13.6. The zero-order valence-electron chi connectivity index (χ0n) is 17.5. The molecule has 0 bridgehead atoms. The second kappa shape index (κ2) is 10.0. The fourth-order valence-electron chi connectivity index (χ4n) is 2.87. The van der Waals surface area contributed by atoms with Gasteiger partial charge < -0.3 is 14.8 Å². The Bertz CT molecular complexity index is 1190. The molecule has 1 aromatic heterocycles. The quantitative estimate of drug-likeness (QED) is 0.295. The molecule has 3 rings (SSSR count). The van der Waals surface area contributed by atoms with Crippen LogP contribution in [0.3, 0.4) is 0 Å². The van der Waals surface area contributed by atoms with Crippen molar-refractivity contribution in [1.82, 2.24) is 9.78 Å². The van der Waals surface area contributed by atoms with E-state index in [1.54, 1.807) is 0 Å². The number of hydrogen-bond acceptors (Lipinski definition) is 7. The van der Waals surface area contributed by atoms with Gasteiger partial charge in [-0.05, 0) is 43.3 Å². The highest BCUT2D eigenvalue weighted by Crippen LogP contribution is 2.34. The maximum Gasteiger partial charge on any atom is 0.434 e. The van der Waals surface area contributed by atoms with Gasteiger partial charge in [-0.2, -0.15) is 18.3 Å². The number of alkyl halides is 3. The highest BCUT2D eigenvalue weighted by atomic mass is 19.4. The van der Waals surface area contributed by atoms with E-state index < -0.39 is 40.8 Å². The number of halogens is 3. The highest BCUT2D eigenvalue weighted by Gasteiger charge is 2.41. The molecule has 10 nitrogen and oxygen atoms in total. The molecule has 0 saturated carbocycles. The van der Waals surface area contributed by atoms with E-state index in [-0.39, 0.29) is 29.4 Å². The average molecular weight is 478 g/mol. The van der Waals surface area contributed by atoms with Gasteiger partial charge in [-0.3, -0.25) is 14.9 Å². The van der Waals surface area contributed by atoms with Crippen LogP contribution in [0.5, 0.6) is 5.75 Å². The Morgan fingerprint density at radius 2 is 1.76 bits per heavy atom. The van der Waals surface area contributed by atoms with E-state index in [0.717, 1.165) is 6.20 Å². The SMILES string of the molecule is CCOC(=O)c1cnn(-c2ccc(NC(=O)COc3ccc([N+](=O)[O-])cc3)cc2)c1C(F)(F)F. The first kappa shape index (κ1) is 24.2. The first-order valence-electron chi connectivity index (χ1n) is 9.70. The predicted octanol–water partition coefficient (Wildman–Crippen LogP) is 3.99. The molecule has 0 unspecified atom stereocenters. The van der Waals surface area contributed by atoms with Gasteiger partial charge in [0.05, 0.1) is 23.4 Å². The largest absolute Gasteiger partial charge is 0.484 e. The summed E-state index contributed by atoms with van der Waals surface area (Å²) in [5.74, 6) is -1.46. The van der Waals surface area contributed by atoms with E-state index >= 15 is 0 Å². The number of ether oxygens (including phenoxy) is 2. The molecule has 0 aliphatic heterocycles. The van der Waals surface area contributed by atoms with Gasteiger partial charge in [0.1, 0.15) is 11.3 Å². The Balaban J connectivity index is 1.68. The van der Waals surface area contributed by atoms with Gasteiger partial charge in [-0.1, -0.05) is 0 Å². The van der Waals surface area contributed by atoms with Crippen molar-refractivity contribution in [1.29, 1.82) is 0 Å². The summed E-state index contributed by atoms with van der Waals surface area (Å²) < 4.78 is 51.3. The molecular formula is C21H17F3N4O6. The Kier molecular flexibility index (Phi) is 7.14. The summed E-state index contributed by atoms with van der Waals surface area (Å²) in [6.07, 6.45) is -4.09. The molecule has 178 valence electrons. The Morgan fingerprint density at radius 3 is 2.32 bits per heavy atom. The van der Waals surface area contributed by atoms with Crippen LogP contribution < -0.4 is 10.1 Å². The lowest BCUT2D eigenvalue weighted by molar-refractivity contribution is -0.384. The second-order valence-corrected chi connectivity index (χ2v) is 6.67. The third-order valence-electron chi connectivity index (χ3n) is 4.35.